The summed E-state index contributed by atoms with van der Waals surface area (Å²) in [6.07, 6.45) is -0.869. The molecule has 3 rings (SSSR count). The number of fused-ring (bicyclic) bond motifs is 1. The summed E-state index contributed by atoms with van der Waals surface area (Å²) >= 11 is 2.76. The molecule has 0 saturated heterocycles. The minimum Gasteiger partial charge on any atom is -0.387 e. The topological polar surface area (TPSA) is 66.4 Å². The number of benzene rings is 1. The molecule has 0 aliphatic heterocycles. The molecule has 0 aliphatic carbocycles. The number of hydrogen-bond acceptors (Lipinski definition) is 5. The van der Waals surface area contributed by atoms with Crippen LogP contribution in [-0.4, -0.2) is 20.1 Å². The number of hydrogen-bond donors (Lipinski definition) is 2. The first-order valence-corrected chi connectivity index (χ1v) is 9.85. The maximum atomic E-state index is 12.2. The smallest absolute Gasteiger partial charge is 0.250 e. The minimum absolute atomic E-state index is 0.0417. The lowest BCUT2D eigenvalue weighted by Gasteiger charge is -2.11. The highest BCUT2D eigenvalue weighted by Crippen LogP contribution is 2.30. The molecule has 0 amide bonds. The number of aryl methyl sites for hydroxylation is 1. The summed E-state index contributed by atoms with van der Waals surface area (Å²) in [7, 11) is -3.57. The van der Waals surface area contributed by atoms with Gasteiger partial charge in [-0.25, -0.2) is 13.1 Å². The predicted octanol–water partition coefficient (Wildman–Crippen LogP) is 3.28. The Morgan fingerprint density at radius 1 is 1.23 bits per heavy atom. The largest absolute Gasteiger partial charge is 0.387 e. The summed E-state index contributed by atoms with van der Waals surface area (Å²) in [6, 6.07) is 11.1. The van der Waals surface area contributed by atoms with Crippen LogP contribution in [0.15, 0.2) is 46.0 Å². The lowest BCUT2D eigenvalue weighted by molar-refractivity contribution is 0.184. The zero-order chi connectivity index (χ0) is 15.7. The van der Waals surface area contributed by atoms with Crippen molar-refractivity contribution in [1.29, 1.82) is 0 Å². The van der Waals surface area contributed by atoms with Crippen molar-refractivity contribution in [2.45, 2.75) is 17.2 Å². The van der Waals surface area contributed by atoms with E-state index in [9.17, 15) is 13.5 Å². The van der Waals surface area contributed by atoms with E-state index in [1.54, 1.807) is 23.5 Å². The minimum atomic E-state index is -3.57. The highest BCUT2D eigenvalue weighted by atomic mass is 32.2. The Kier molecular flexibility index (Phi) is 4.33. The second-order valence-corrected chi connectivity index (χ2v) is 9.11. The van der Waals surface area contributed by atoms with Crippen LogP contribution < -0.4 is 4.72 Å². The second-order valence-electron chi connectivity index (χ2n) is 4.92. The number of sulfonamides is 1. The van der Waals surface area contributed by atoms with Crippen molar-refractivity contribution in [3.63, 3.8) is 0 Å². The number of thiophene rings is 2. The van der Waals surface area contributed by atoms with Gasteiger partial charge in [-0.1, -0.05) is 18.2 Å². The number of aliphatic hydroxyl groups excluding tert-OH is 1. The molecule has 1 unspecified atom stereocenters. The van der Waals surface area contributed by atoms with Gasteiger partial charge in [0, 0.05) is 21.7 Å². The molecule has 1 aromatic carbocycles. The van der Waals surface area contributed by atoms with Crippen molar-refractivity contribution in [3.8, 4) is 0 Å². The molecule has 0 bridgehead atoms. The van der Waals surface area contributed by atoms with Crippen LogP contribution in [0.1, 0.15) is 16.5 Å². The Bertz CT molecular complexity index is 896. The molecule has 7 heteroatoms. The molecule has 0 aliphatic rings. The average molecular weight is 353 g/mol. The summed E-state index contributed by atoms with van der Waals surface area (Å²) in [5.74, 6) is 0. The SMILES string of the molecule is Cc1ccc(S(=O)(=O)NCC(O)c2csc3ccccc23)s1. The first-order chi connectivity index (χ1) is 10.5. The molecule has 2 N–H and O–H groups in total. The fourth-order valence-corrected chi connectivity index (χ4v) is 5.56. The molecule has 0 radical (unpaired) electrons. The highest BCUT2D eigenvalue weighted by Gasteiger charge is 2.19. The number of aliphatic hydroxyl groups is 1. The van der Waals surface area contributed by atoms with Gasteiger partial charge < -0.3 is 5.11 Å². The van der Waals surface area contributed by atoms with Gasteiger partial charge in [0.1, 0.15) is 4.21 Å². The third-order valence-corrected chi connectivity index (χ3v) is 7.21. The quantitative estimate of drug-likeness (QED) is 0.740. The standard InChI is InChI=1S/C15H15NO3S3/c1-10-6-7-15(21-10)22(18,19)16-8-13(17)12-9-20-14-5-3-2-4-11(12)14/h2-7,9,13,16-17H,8H2,1H3. The molecule has 116 valence electrons. The summed E-state index contributed by atoms with van der Waals surface area (Å²) in [6.45, 7) is 1.82. The van der Waals surface area contributed by atoms with Gasteiger partial charge in [-0.2, -0.15) is 0 Å². The van der Waals surface area contributed by atoms with Gasteiger partial charge in [0.05, 0.1) is 6.10 Å². The van der Waals surface area contributed by atoms with Crippen molar-refractivity contribution in [2.24, 2.45) is 0 Å². The van der Waals surface area contributed by atoms with E-state index in [1.165, 1.54) is 11.3 Å². The van der Waals surface area contributed by atoms with E-state index in [2.05, 4.69) is 4.72 Å². The van der Waals surface area contributed by atoms with E-state index < -0.39 is 16.1 Å². The van der Waals surface area contributed by atoms with E-state index in [-0.39, 0.29) is 10.8 Å². The fraction of sp³-hybridized carbons (Fsp3) is 0.200. The molecule has 0 fully saturated rings. The molecule has 4 nitrogen and oxygen atoms in total. The maximum Gasteiger partial charge on any atom is 0.250 e. The summed E-state index contributed by atoms with van der Waals surface area (Å²) in [4.78, 5) is 0.935. The van der Waals surface area contributed by atoms with E-state index in [1.807, 2.05) is 36.6 Å². The van der Waals surface area contributed by atoms with Gasteiger partial charge in [-0.05, 0) is 35.9 Å². The van der Waals surface area contributed by atoms with Crippen LogP contribution in [0.5, 0.6) is 0 Å². The van der Waals surface area contributed by atoms with Gasteiger partial charge in [0.15, 0.2) is 0 Å². The Labute approximate surface area is 137 Å². The van der Waals surface area contributed by atoms with Gasteiger partial charge in [0.25, 0.3) is 0 Å². The van der Waals surface area contributed by atoms with Gasteiger partial charge >= 0.3 is 0 Å². The van der Waals surface area contributed by atoms with Gasteiger partial charge in [-0.15, -0.1) is 22.7 Å². The molecule has 22 heavy (non-hydrogen) atoms. The average Bonchev–Trinajstić information content (AvgIpc) is 3.11. The van der Waals surface area contributed by atoms with Crippen molar-refractivity contribution in [3.05, 3.63) is 52.2 Å². The zero-order valence-corrected chi connectivity index (χ0v) is 14.3. The van der Waals surface area contributed by atoms with Gasteiger partial charge in [-0.3, -0.25) is 0 Å². The van der Waals surface area contributed by atoms with Crippen LogP contribution >= 0.6 is 22.7 Å². The normalized spacial score (nSPS) is 13.5. The zero-order valence-electron chi connectivity index (χ0n) is 11.8. The summed E-state index contributed by atoms with van der Waals surface area (Å²) in [5.41, 5.74) is 0.755. The third kappa shape index (κ3) is 3.09. The van der Waals surface area contributed by atoms with E-state index in [0.29, 0.717) is 0 Å². The van der Waals surface area contributed by atoms with Crippen LogP contribution in [0.25, 0.3) is 10.1 Å². The van der Waals surface area contributed by atoms with E-state index in [4.69, 9.17) is 0 Å². The molecule has 0 saturated carbocycles. The summed E-state index contributed by atoms with van der Waals surface area (Å²) in [5, 5.41) is 13.1. The number of rotatable bonds is 5. The van der Waals surface area contributed by atoms with Crippen LogP contribution in [0.3, 0.4) is 0 Å². The van der Waals surface area contributed by atoms with Crippen molar-refractivity contribution in [2.75, 3.05) is 6.54 Å². The third-order valence-electron chi connectivity index (χ3n) is 3.32. The molecule has 1 atom stereocenters. The first-order valence-electron chi connectivity index (χ1n) is 6.68. The molecule has 0 spiro atoms. The first kappa shape index (κ1) is 15.6. The number of nitrogens with one attached hydrogen (secondary N) is 1. The Hall–Kier alpha value is -1.25. The van der Waals surface area contributed by atoms with Crippen molar-refractivity contribution in [1.82, 2.24) is 4.72 Å². The van der Waals surface area contributed by atoms with E-state index >= 15 is 0 Å². The monoisotopic (exact) mass is 353 g/mol. The molecule has 2 aromatic heterocycles. The van der Waals surface area contributed by atoms with Crippen LogP contribution in [0, 0.1) is 6.92 Å². The van der Waals surface area contributed by atoms with Gasteiger partial charge in [0.2, 0.25) is 10.0 Å². The maximum absolute atomic E-state index is 12.2. The van der Waals surface area contributed by atoms with Crippen LogP contribution in [-0.2, 0) is 10.0 Å². The van der Waals surface area contributed by atoms with Crippen LogP contribution in [0.4, 0.5) is 0 Å². The molecule has 3 aromatic rings. The lowest BCUT2D eigenvalue weighted by Crippen LogP contribution is -2.27. The lowest BCUT2D eigenvalue weighted by atomic mass is 10.1. The van der Waals surface area contributed by atoms with E-state index in [0.717, 1.165) is 20.5 Å². The fourth-order valence-electron chi connectivity index (χ4n) is 2.18. The molecule has 2 heterocycles. The van der Waals surface area contributed by atoms with Crippen molar-refractivity contribution >= 4 is 42.8 Å². The highest BCUT2D eigenvalue weighted by molar-refractivity contribution is 7.91. The van der Waals surface area contributed by atoms with Crippen LogP contribution in [0.2, 0.25) is 0 Å². The molecular formula is C15H15NO3S3. The Balaban J connectivity index is 1.76. The predicted molar refractivity (Wildman–Crippen MR) is 91.0 cm³/mol. The second kappa shape index (κ2) is 6.10. The Morgan fingerprint density at radius 3 is 2.73 bits per heavy atom. The summed E-state index contributed by atoms with van der Waals surface area (Å²) < 4.78 is 28.2. The molecular weight excluding hydrogens is 338 g/mol. The van der Waals surface area contributed by atoms with Crippen molar-refractivity contribution < 1.29 is 13.5 Å². The Morgan fingerprint density at radius 2 is 2.00 bits per heavy atom.